The second-order valence-corrected chi connectivity index (χ2v) is 6.22. The molecule has 3 nitrogen and oxygen atoms in total. The first kappa shape index (κ1) is 14.4. The third-order valence-electron chi connectivity index (χ3n) is 2.78. The Balaban J connectivity index is 2.07. The van der Waals surface area contributed by atoms with Crippen LogP contribution in [0.5, 0.6) is 0 Å². The third-order valence-corrected chi connectivity index (χ3v) is 4.34. The van der Waals surface area contributed by atoms with E-state index in [4.69, 9.17) is 5.73 Å². The summed E-state index contributed by atoms with van der Waals surface area (Å²) >= 11 is 5.02. The van der Waals surface area contributed by atoms with Gasteiger partial charge < -0.3 is 10.8 Å². The Morgan fingerprint density at radius 2 is 2.21 bits per heavy atom. The van der Waals surface area contributed by atoms with Crippen LogP contribution < -0.4 is 5.73 Å². The number of benzene rings is 1. The smallest absolute Gasteiger partial charge is 0.129 e. The van der Waals surface area contributed by atoms with Crippen molar-refractivity contribution >= 4 is 33.5 Å². The molecule has 3 N–H and O–H groups in total. The lowest BCUT2D eigenvalue weighted by molar-refractivity contribution is 0.204. The summed E-state index contributed by atoms with van der Waals surface area (Å²) in [6.45, 7) is 1.93. The van der Waals surface area contributed by atoms with Crippen molar-refractivity contribution in [3.05, 3.63) is 52.1 Å². The summed E-state index contributed by atoms with van der Waals surface area (Å²) in [6.07, 6.45) is 1.04. The molecule has 0 aliphatic rings. The zero-order valence-corrected chi connectivity index (χ0v) is 12.9. The number of aliphatic hydroxyl groups excluding tert-OH is 1. The van der Waals surface area contributed by atoms with Gasteiger partial charge in [-0.3, -0.25) is 0 Å². The van der Waals surface area contributed by atoms with Gasteiger partial charge in [-0.15, -0.1) is 11.8 Å². The first-order valence-corrected chi connectivity index (χ1v) is 7.63. The van der Waals surface area contributed by atoms with Crippen molar-refractivity contribution in [3.8, 4) is 0 Å². The number of nitrogens with two attached hydrogens (primary N) is 1. The Morgan fingerprint density at radius 3 is 2.89 bits per heavy atom. The highest BCUT2D eigenvalue weighted by molar-refractivity contribution is 9.10. The van der Waals surface area contributed by atoms with Crippen LogP contribution in [0.3, 0.4) is 0 Å². The van der Waals surface area contributed by atoms with E-state index in [1.54, 1.807) is 18.0 Å². The van der Waals surface area contributed by atoms with Gasteiger partial charge in [0.05, 0.1) is 6.10 Å². The quantitative estimate of drug-likeness (QED) is 0.837. The topological polar surface area (TPSA) is 59.1 Å². The van der Waals surface area contributed by atoms with Crippen molar-refractivity contribution in [3.63, 3.8) is 0 Å². The molecular weight excluding hydrogens is 324 g/mol. The van der Waals surface area contributed by atoms with Crippen molar-refractivity contribution in [2.24, 2.45) is 0 Å². The molecule has 1 atom stereocenters. The van der Waals surface area contributed by atoms with Gasteiger partial charge in [-0.2, -0.15) is 0 Å². The van der Waals surface area contributed by atoms with Crippen LogP contribution in [-0.2, 0) is 0 Å². The normalized spacial score (nSPS) is 12.4. The summed E-state index contributed by atoms with van der Waals surface area (Å²) in [6, 6.07) is 9.85. The lowest BCUT2D eigenvalue weighted by Crippen LogP contribution is -2.08. The van der Waals surface area contributed by atoms with E-state index in [1.807, 2.05) is 37.3 Å². The Labute approximate surface area is 125 Å². The Kier molecular flexibility index (Phi) is 4.85. The Bertz CT molecular complexity index is 557. The van der Waals surface area contributed by atoms with Crippen molar-refractivity contribution in [1.29, 1.82) is 0 Å². The van der Waals surface area contributed by atoms with Crippen molar-refractivity contribution in [1.82, 2.24) is 4.98 Å². The minimum Gasteiger partial charge on any atom is -0.387 e. The van der Waals surface area contributed by atoms with E-state index < -0.39 is 6.10 Å². The second-order valence-electron chi connectivity index (χ2n) is 4.21. The number of anilines is 1. The number of hydrogen-bond donors (Lipinski definition) is 2. The second kappa shape index (κ2) is 6.41. The predicted octanol–water partition coefficient (Wildman–Crippen LogP) is 3.56. The van der Waals surface area contributed by atoms with Gasteiger partial charge in [-0.25, -0.2) is 4.98 Å². The standard InChI is InChI=1S/C14H15BrN2OS/c1-9-5-6-17-14(16)13(9)12(18)8-19-11-4-2-3-10(15)7-11/h2-7,12,18H,8H2,1H3,(H2,16,17). The van der Waals surface area contributed by atoms with E-state index in [-0.39, 0.29) is 0 Å². The van der Waals surface area contributed by atoms with Gasteiger partial charge in [-0.1, -0.05) is 22.0 Å². The maximum Gasteiger partial charge on any atom is 0.129 e. The zero-order valence-electron chi connectivity index (χ0n) is 10.5. The largest absolute Gasteiger partial charge is 0.387 e. The molecule has 1 aromatic heterocycles. The number of pyridine rings is 1. The first-order chi connectivity index (χ1) is 9.08. The molecule has 19 heavy (non-hydrogen) atoms. The molecule has 0 radical (unpaired) electrons. The van der Waals surface area contributed by atoms with Crippen LogP contribution in [0.15, 0.2) is 45.9 Å². The van der Waals surface area contributed by atoms with E-state index in [1.165, 1.54) is 0 Å². The van der Waals surface area contributed by atoms with Gasteiger partial charge in [0.1, 0.15) is 5.82 Å². The summed E-state index contributed by atoms with van der Waals surface area (Å²) < 4.78 is 1.03. The van der Waals surface area contributed by atoms with Crippen molar-refractivity contribution in [2.75, 3.05) is 11.5 Å². The third kappa shape index (κ3) is 3.72. The number of nitrogen functional groups attached to an aromatic ring is 1. The molecular formula is C14H15BrN2OS. The summed E-state index contributed by atoms with van der Waals surface area (Å²) in [5, 5.41) is 10.3. The fourth-order valence-electron chi connectivity index (χ4n) is 1.84. The minimum absolute atomic E-state index is 0.405. The fraction of sp³-hybridized carbons (Fsp3) is 0.214. The van der Waals surface area contributed by atoms with Gasteiger partial charge in [0, 0.05) is 26.9 Å². The molecule has 0 aliphatic carbocycles. The highest BCUT2D eigenvalue weighted by Gasteiger charge is 2.15. The zero-order chi connectivity index (χ0) is 13.8. The van der Waals surface area contributed by atoms with E-state index in [0.717, 1.165) is 20.5 Å². The SMILES string of the molecule is Cc1ccnc(N)c1C(O)CSc1cccc(Br)c1. The Hall–Kier alpha value is -1.04. The van der Waals surface area contributed by atoms with Crippen LogP contribution >= 0.6 is 27.7 Å². The van der Waals surface area contributed by atoms with Crippen LogP contribution in [0.2, 0.25) is 0 Å². The van der Waals surface area contributed by atoms with Crippen LogP contribution in [-0.4, -0.2) is 15.8 Å². The maximum atomic E-state index is 10.3. The molecule has 0 spiro atoms. The van der Waals surface area contributed by atoms with E-state index >= 15 is 0 Å². The molecule has 0 fully saturated rings. The van der Waals surface area contributed by atoms with Crippen LogP contribution in [0, 0.1) is 6.92 Å². The molecule has 0 aliphatic heterocycles. The Morgan fingerprint density at radius 1 is 1.42 bits per heavy atom. The highest BCUT2D eigenvalue weighted by Crippen LogP contribution is 2.29. The van der Waals surface area contributed by atoms with Crippen LogP contribution in [0.4, 0.5) is 5.82 Å². The maximum absolute atomic E-state index is 10.3. The van der Waals surface area contributed by atoms with E-state index in [9.17, 15) is 5.11 Å². The molecule has 0 bridgehead atoms. The molecule has 5 heteroatoms. The summed E-state index contributed by atoms with van der Waals surface area (Å²) in [5.41, 5.74) is 7.52. The molecule has 2 aromatic rings. The molecule has 2 rings (SSSR count). The monoisotopic (exact) mass is 338 g/mol. The molecule has 0 saturated heterocycles. The van der Waals surface area contributed by atoms with Gasteiger partial charge in [-0.05, 0) is 36.8 Å². The number of aliphatic hydroxyl groups is 1. The fourth-order valence-corrected chi connectivity index (χ4v) is 3.29. The minimum atomic E-state index is -0.613. The molecule has 1 aromatic carbocycles. The highest BCUT2D eigenvalue weighted by atomic mass is 79.9. The lowest BCUT2D eigenvalue weighted by atomic mass is 10.1. The van der Waals surface area contributed by atoms with Crippen LogP contribution in [0.1, 0.15) is 17.2 Å². The lowest BCUT2D eigenvalue weighted by Gasteiger charge is -2.15. The molecule has 100 valence electrons. The summed E-state index contributed by atoms with van der Waals surface area (Å²) in [5.74, 6) is 0.954. The number of nitrogens with zero attached hydrogens (tertiary/aromatic N) is 1. The molecule has 1 heterocycles. The molecule has 0 saturated carbocycles. The average Bonchev–Trinajstić information content (AvgIpc) is 2.36. The van der Waals surface area contributed by atoms with Crippen molar-refractivity contribution < 1.29 is 5.11 Å². The number of aryl methyl sites for hydroxylation is 1. The number of aromatic nitrogens is 1. The van der Waals surface area contributed by atoms with Gasteiger partial charge in [0.25, 0.3) is 0 Å². The van der Waals surface area contributed by atoms with Gasteiger partial charge in [0.15, 0.2) is 0 Å². The average molecular weight is 339 g/mol. The van der Waals surface area contributed by atoms with Crippen LogP contribution in [0.25, 0.3) is 0 Å². The first-order valence-electron chi connectivity index (χ1n) is 5.85. The van der Waals surface area contributed by atoms with Gasteiger partial charge in [0.2, 0.25) is 0 Å². The van der Waals surface area contributed by atoms with E-state index in [2.05, 4.69) is 20.9 Å². The molecule has 0 amide bonds. The molecule has 1 unspecified atom stereocenters. The number of rotatable bonds is 4. The van der Waals surface area contributed by atoms with Gasteiger partial charge >= 0.3 is 0 Å². The van der Waals surface area contributed by atoms with E-state index in [0.29, 0.717) is 11.6 Å². The summed E-state index contributed by atoms with van der Waals surface area (Å²) in [4.78, 5) is 5.14. The number of hydrogen-bond acceptors (Lipinski definition) is 4. The summed E-state index contributed by atoms with van der Waals surface area (Å²) in [7, 11) is 0. The number of halogens is 1. The number of thioether (sulfide) groups is 1. The van der Waals surface area contributed by atoms with Crippen molar-refractivity contribution in [2.45, 2.75) is 17.9 Å². The predicted molar refractivity (Wildman–Crippen MR) is 83.2 cm³/mol.